The molecule has 8 heteroatoms. The van der Waals surface area contributed by atoms with Crippen LogP contribution in [0, 0.1) is 6.92 Å². The maximum atomic E-state index is 5.33. The van der Waals surface area contributed by atoms with E-state index in [-0.39, 0.29) is 0 Å². The first-order valence-corrected chi connectivity index (χ1v) is 9.91. The summed E-state index contributed by atoms with van der Waals surface area (Å²) in [6.45, 7) is 8.16. The fourth-order valence-electron chi connectivity index (χ4n) is 1.72. The summed E-state index contributed by atoms with van der Waals surface area (Å²) >= 11 is 6.09. The molecule has 4 nitrogen and oxygen atoms in total. The number of thiocarbonyl (C=S) groups is 1. The first kappa shape index (κ1) is 21.6. The molecular formula is C14H22Cl2CuN4S. The Morgan fingerprint density at radius 2 is 1.95 bits per heavy atom. The summed E-state index contributed by atoms with van der Waals surface area (Å²) in [7, 11) is 9.34. The van der Waals surface area contributed by atoms with E-state index in [0.29, 0.717) is 5.11 Å². The van der Waals surface area contributed by atoms with Crippen molar-refractivity contribution in [2.75, 3.05) is 13.1 Å². The Hall–Kier alpha value is -0.391. The summed E-state index contributed by atoms with van der Waals surface area (Å²) in [5, 5.41) is 4.82. The summed E-state index contributed by atoms with van der Waals surface area (Å²) in [4.78, 5) is 6.48. The van der Waals surface area contributed by atoms with Crippen molar-refractivity contribution in [2.24, 2.45) is 5.10 Å². The molecule has 0 unspecified atom stereocenters. The summed E-state index contributed by atoms with van der Waals surface area (Å²) in [6.07, 6.45) is 3.84. The summed E-state index contributed by atoms with van der Waals surface area (Å²) in [5.41, 5.74) is 4.71. The molecular weight excluding hydrogens is 391 g/mol. The normalized spacial score (nSPS) is 10.2. The first-order valence-electron chi connectivity index (χ1n) is 6.91. The van der Waals surface area contributed by atoms with Crippen molar-refractivity contribution in [3.63, 3.8) is 0 Å². The Labute approximate surface area is 153 Å². The summed E-state index contributed by atoms with van der Waals surface area (Å²) in [5.74, 6) is 0. The van der Waals surface area contributed by atoms with Gasteiger partial charge in [-0.3, -0.25) is 10.4 Å². The fourth-order valence-corrected chi connectivity index (χ4v) is 1.95. The van der Waals surface area contributed by atoms with Crippen LogP contribution in [0.4, 0.5) is 0 Å². The van der Waals surface area contributed by atoms with Gasteiger partial charge in [-0.15, -0.1) is 0 Å². The second kappa shape index (κ2) is 14.2. The predicted octanol–water partition coefficient (Wildman–Crippen LogP) is 4.10. The van der Waals surface area contributed by atoms with Crippen LogP contribution >= 0.6 is 32.4 Å². The van der Waals surface area contributed by atoms with Crippen molar-refractivity contribution in [3.8, 4) is 0 Å². The Kier molecular flexibility index (Phi) is 14.0. The zero-order valence-electron chi connectivity index (χ0n) is 12.9. The number of aromatic nitrogens is 1. The zero-order chi connectivity index (χ0) is 16.8. The van der Waals surface area contributed by atoms with Crippen molar-refractivity contribution < 1.29 is 13.1 Å². The average molecular weight is 413 g/mol. The summed E-state index contributed by atoms with van der Waals surface area (Å²) < 4.78 is 0. The van der Waals surface area contributed by atoms with Gasteiger partial charge >= 0.3 is 33.3 Å². The quantitative estimate of drug-likeness (QED) is 0.330. The van der Waals surface area contributed by atoms with Crippen LogP contribution in [0.5, 0.6) is 0 Å². The van der Waals surface area contributed by atoms with Crippen LogP contribution in [-0.2, 0) is 13.1 Å². The second-order valence-corrected chi connectivity index (χ2v) is 6.35. The molecule has 0 radical (unpaired) electrons. The minimum atomic E-state index is 0.674. The van der Waals surface area contributed by atoms with Gasteiger partial charge in [0.15, 0.2) is 5.11 Å². The molecule has 1 rings (SSSR count). The number of pyridine rings is 1. The molecule has 22 heavy (non-hydrogen) atoms. The molecule has 0 aliphatic carbocycles. The molecule has 1 aromatic heterocycles. The van der Waals surface area contributed by atoms with E-state index in [2.05, 4.69) is 54.5 Å². The fraction of sp³-hybridized carbons (Fsp3) is 0.500. The SMILES string of the molecule is CCCN(CCC)C(=S)N/N=C/c1cccc(C)n1.[Cl][Cu][Cl]. The molecule has 129 valence electrons. The Morgan fingerprint density at radius 1 is 1.36 bits per heavy atom. The number of nitrogens with one attached hydrogen (secondary N) is 1. The van der Waals surface area contributed by atoms with Crippen LogP contribution in [0.25, 0.3) is 0 Å². The predicted molar refractivity (Wildman–Crippen MR) is 96.2 cm³/mol. The van der Waals surface area contributed by atoms with Gasteiger partial charge in [-0.2, -0.15) is 5.10 Å². The van der Waals surface area contributed by atoms with E-state index < -0.39 is 0 Å². The van der Waals surface area contributed by atoms with E-state index in [1.54, 1.807) is 6.21 Å². The minimum absolute atomic E-state index is 0.674. The van der Waals surface area contributed by atoms with Gasteiger partial charge in [-0.05, 0) is 44.1 Å². The molecule has 0 saturated carbocycles. The van der Waals surface area contributed by atoms with Crippen LogP contribution in [0.3, 0.4) is 0 Å². The molecule has 0 atom stereocenters. The van der Waals surface area contributed by atoms with E-state index in [1.807, 2.05) is 25.1 Å². The van der Waals surface area contributed by atoms with Gasteiger partial charge in [0.1, 0.15) is 0 Å². The van der Waals surface area contributed by atoms with Gasteiger partial charge < -0.3 is 4.90 Å². The molecule has 0 amide bonds. The molecule has 1 aromatic rings. The monoisotopic (exact) mass is 411 g/mol. The van der Waals surface area contributed by atoms with Gasteiger partial charge in [-0.1, -0.05) is 19.9 Å². The summed E-state index contributed by atoms with van der Waals surface area (Å²) in [6, 6.07) is 5.83. The molecule has 0 saturated heterocycles. The third-order valence-corrected chi connectivity index (χ3v) is 2.89. The van der Waals surface area contributed by atoms with Crippen LogP contribution in [0.2, 0.25) is 0 Å². The second-order valence-electron chi connectivity index (χ2n) is 4.41. The standard InChI is InChI=1S/C14H22N4S.2ClH.Cu/c1-4-9-18(10-5-2)14(19)17-15-11-13-8-6-7-12(3)16-13;;;/h6-8,11H,4-5,9-10H2,1-3H3,(H,17,19);2*1H;/q;;;+2/p-2/b15-11+;;;. The number of hydrogen-bond acceptors (Lipinski definition) is 3. The molecule has 0 aliphatic heterocycles. The molecule has 0 aliphatic rings. The Balaban J connectivity index is 0.00000135. The maximum absolute atomic E-state index is 5.33. The third kappa shape index (κ3) is 10.4. The van der Waals surface area contributed by atoms with Crippen molar-refractivity contribution in [1.82, 2.24) is 15.3 Å². The number of aryl methyl sites for hydroxylation is 1. The van der Waals surface area contributed by atoms with Gasteiger partial charge in [-0.25, -0.2) is 0 Å². The van der Waals surface area contributed by atoms with E-state index in [0.717, 1.165) is 50.5 Å². The van der Waals surface area contributed by atoms with Gasteiger partial charge in [0.25, 0.3) is 0 Å². The van der Waals surface area contributed by atoms with Gasteiger partial charge in [0.2, 0.25) is 0 Å². The Bertz CT molecular complexity index is 454. The van der Waals surface area contributed by atoms with E-state index in [9.17, 15) is 0 Å². The molecule has 0 bridgehead atoms. The number of rotatable bonds is 6. The number of nitrogens with zero attached hydrogens (tertiary/aromatic N) is 3. The van der Waals surface area contributed by atoms with Crippen LogP contribution in [-0.4, -0.2) is 34.3 Å². The van der Waals surface area contributed by atoms with E-state index in [4.69, 9.17) is 12.2 Å². The van der Waals surface area contributed by atoms with E-state index in [1.165, 1.54) is 0 Å². The van der Waals surface area contributed by atoms with Crippen molar-refractivity contribution in [3.05, 3.63) is 29.6 Å². The molecule has 1 heterocycles. The third-order valence-electron chi connectivity index (χ3n) is 2.54. The van der Waals surface area contributed by atoms with Crippen molar-refractivity contribution >= 4 is 43.7 Å². The number of hydrazone groups is 1. The van der Waals surface area contributed by atoms with Crippen molar-refractivity contribution in [2.45, 2.75) is 33.6 Å². The number of hydrogen-bond donors (Lipinski definition) is 1. The topological polar surface area (TPSA) is 40.5 Å². The van der Waals surface area contributed by atoms with Gasteiger partial charge in [0, 0.05) is 18.8 Å². The van der Waals surface area contributed by atoms with Crippen molar-refractivity contribution in [1.29, 1.82) is 0 Å². The molecule has 0 aromatic carbocycles. The van der Waals surface area contributed by atoms with Crippen LogP contribution in [0.15, 0.2) is 23.3 Å². The number of halogens is 2. The molecule has 0 spiro atoms. The van der Waals surface area contributed by atoms with Crippen LogP contribution < -0.4 is 5.43 Å². The van der Waals surface area contributed by atoms with Crippen LogP contribution in [0.1, 0.15) is 38.1 Å². The van der Waals surface area contributed by atoms with Gasteiger partial charge in [0.05, 0.1) is 11.9 Å². The zero-order valence-corrected chi connectivity index (χ0v) is 16.2. The average Bonchev–Trinajstić information content (AvgIpc) is 2.48. The van der Waals surface area contributed by atoms with E-state index >= 15 is 0 Å². The Morgan fingerprint density at radius 3 is 2.45 bits per heavy atom. The first-order chi connectivity index (χ1) is 10.6. The molecule has 0 fully saturated rings. The molecule has 1 N–H and O–H groups in total.